The van der Waals surface area contributed by atoms with Crippen LogP contribution in [0.2, 0.25) is 0 Å². The van der Waals surface area contributed by atoms with Crippen LogP contribution in [0.3, 0.4) is 0 Å². The van der Waals surface area contributed by atoms with Crippen molar-refractivity contribution in [3.8, 4) is 0 Å². The lowest BCUT2D eigenvalue weighted by atomic mass is 9.74. The number of nitrogens with zero attached hydrogens (tertiary/aromatic N) is 1. The molecule has 0 amide bonds. The van der Waals surface area contributed by atoms with Crippen molar-refractivity contribution >= 4 is 11.3 Å². The molecule has 3 aromatic rings. The average Bonchev–Trinajstić information content (AvgIpc) is 3.11. The molecule has 1 atom stereocenters. The zero-order chi connectivity index (χ0) is 18.1. The molecule has 0 spiro atoms. The van der Waals surface area contributed by atoms with Crippen molar-refractivity contribution in [3.63, 3.8) is 0 Å². The fraction of sp³-hybridized carbons (Fsp3) is 0.167. The second-order valence-electron chi connectivity index (χ2n) is 5.54. The number of halogens is 4. The number of rotatable bonds is 4. The maximum Gasteiger partial charge on any atom is 0.416 e. The third kappa shape index (κ3) is 3.17. The first kappa shape index (κ1) is 17.6. The van der Waals surface area contributed by atoms with Gasteiger partial charge in [0.1, 0.15) is 10.8 Å². The van der Waals surface area contributed by atoms with Crippen LogP contribution in [0.4, 0.5) is 17.6 Å². The van der Waals surface area contributed by atoms with Crippen molar-refractivity contribution < 1.29 is 17.6 Å². The summed E-state index contributed by atoms with van der Waals surface area (Å²) in [5.74, 6) is -0.963. The first-order valence-corrected chi connectivity index (χ1v) is 8.30. The molecule has 3 rings (SSSR count). The molecule has 7 heteroatoms. The molecule has 0 aliphatic rings. The minimum atomic E-state index is -4.66. The molecule has 2 aromatic carbocycles. The van der Waals surface area contributed by atoms with E-state index in [1.54, 1.807) is 41.9 Å². The third-order valence-electron chi connectivity index (χ3n) is 4.09. The number of hydrogen-bond acceptors (Lipinski definition) is 3. The molecule has 2 N–H and O–H groups in total. The fourth-order valence-corrected chi connectivity index (χ4v) is 3.79. The molecular formula is C18H14F4N2S. The molecule has 25 heavy (non-hydrogen) atoms. The Morgan fingerprint density at radius 2 is 1.64 bits per heavy atom. The Kier molecular flexibility index (Phi) is 4.62. The van der Waals surface area contributed by atoms with Gasteiger partial charge < -0.3 is 5.73 Å². The molecule has 0 saturated heterocycles. The summed E-state index contributed by atoms with van der Waals surface area (Å²) < 4.78 is 53.5. The molecule has 0 saturated carbocycles. The normalized spacial score (nSPS) is 14.3. The van der Waals surface area contributed by atoms with Crippen molar-refractivity contribution in [2.75, 3.05) is 6.54 Å². The van der Waals surface area contributed by atoms with Gasteiger partial charge in [0, 0.05) is 18.1 Å². The minimum Gasteiger partial charge on any atom is -0.329 e. The van der Waals surface area contributed by atoms with Crippen molar-refractivity contribution in [2.24, 2.45) is 5.73 Å². The van der Waals surface area contributed by atoms with Gasteiger partial charge in [-0.3, -0.25) is 0 Å². The van der Waals surface area contributed by atoms with Gasteiger partial charge in [0.05, 0.1) is 11.0 Å². The Hall–Kier alpha value is -2.25. The largest absolute Gasteiger partial charge is 0.416 e. The molecule has 0 fully saturated rings. The van der Waals surface area contributed by atoms with Crippen LogP contribution in [0.1, 0.15) is 21.7 Å². The summed E-state index contributed by atoms with van der Waals surface area (Å²) in [6.07, 6.45) is -3.10. The van der Waals surface area contributed by atoms with Gasteiger partial charge in [0.2, 0.25) is 0 Å². The van der Waals surface area contributed by atoms with Crippen LogP contribution in [-0.4, -0.2) is 11.5 Å². The Balaban J connectivity index is 2.32. The van der Waals surface area contributed by atoms with Gasteiger partial charge in [-0.25, -0.2) is 9.37 Å². The van der Waals surface area contributed by atoms with E-state index in [2.05, 4.69) is 4.98 Å². The van der Waals surface area contributed by atoms with E-state index in [1.807, 2.05) is 0 Å². The number of hydrogen-bond donors (Lipinski definition) is 1. The van der Waals surface area contributed by atoms with E-state index in [-0.39, 0.29) is 12.1 Å². The van der Waals surface area contributed by atoms with Crippen molar-refractivity contribution in [1.29, 1.82) is 0 Å². The Morgan fingerprint density at radius 3 is 2.20 bits per heavy atom. The van der Waals surface area contributed by atoms with Crippen LogP contribution in [0.5, 0.6) is 0 Å². The van der Waals surface area contributed by atoms with Crippen LogP contribution in [0.15, 0.2) is 60.1 Å². The van der Waals surface area contributed by atoms with Crippen molar-refractivity contribution in [1.82, 2.24) is 4.98 Å². The fourth-order valence-electron chi connectivity index (χ4n) is 2.89. The van der Waals surface area contributed by atoms with Crippen LogP contribution in [-0.2, 0) is 11.6 Å². The van der Waals surface area contributed by atoms with Gasteiger partial charge in [-0.05, 0) is 29.3 Å². The number of nitrogens with two attached hydrogens (primary N) is 1. The molecule has 2 nitrogen and oxygen atoms in total. The van der Waals surface area contributed by atoms with Gasteiger partial charge >= 0.3 is 6.18 Å². The maximum atomic E-state index is 14.0. The van der Waals surface area contributed by atoms with Crippen LogP contribution in [0.25, 0.3) is 0 Å². The zero-order valence-electron chi connectivity index (χ0n) is 12.9. The predicted molar refractivity (Wildman–Crippen MR) is 88.9 cm³/mol. The van der Waals surface area contributed by atoms with E-state index >= 15 is 0 Å². The van der Waals surface area contributed by atoms with Gasteiger partial charge in [0.25, 0.3) is 0 Å². The Labute approximate surface area is 146 Å². The van der Waals surface area contributed by atoms with Crippen LogP contribution >= 0.6 is 11.3 Å². The average molecular weight is 366 g/mol. The SMILES string of the molecule is NCC(c1ccccc1)(c1cc(F)cc(C(F)(F)F)c1)c1nccs1. The van der Waals surface area contributed by atoms with E-state index in [0.29, 0.717) is 16.6 Å². The van der Waals surface area contributed by atoms with Gasteiger partial charge in [-0.1, -0.05) is 30.3 Å². The number of aromatic nitrogens is 1. The third-order valence-corrected chi connectivity index (χ3v) is 5.02. The minimum absolute atomic E-state index is 0.0503. The molecule has 0 aliphatic heterocycles. The summed E-state index contributed by atoms with van der Waals surface area (Å²) >= 11 is 1.27. The second-order valence-corrected chi connectivity index (χ2v) is 6.43. The molecule has 0 radical (unpaired) electrons. The topological polar surface area (TPSA) is 38.9 Å². The second kappa shape index (κ2) is 6.57. The smallest absolute Gasteiger partial charge is 0.329 e. The lowest BCUT2D eigenvalue weighted by Crippen LogP contribution is -2.38. The first-order valence-electron chi connectivity index (χ1n) is 7.42. The summed E-state index contributed by atoms with van der Waals surface area (Å²) in [4.78, 5) is 4.27. The molecule has 1 heterocycles. The highest BCUT2D eigenvalue weighted by Crippen LogP contribution is 2.41. The van der Waals surface area contributed by atoms with Crippen molar-refractivity contribution in [2.45, 2.75) is 11.6 Å². The summed E-state index contributed by atoms with van der Waals surface area (Å²) in [5.41, 5.74) is 4.62. The highest BCUT2D eigenvalue weighted by molar-refractivity contribution is 7.09. The molecular weight excluding hydrogens is 352 g/mol. The van der Waals surface area contributed by atoms with Gasteiger partial charge in [0.15, 0.2) is 0 Å². The number of benzene rings is 2. The van der Waals surface area contributed by atoms with Gasteiger partial charge in [-0.2, -0.15) is 13.2 Å². The lowest BCUT2D eigenvalue weighted by molar-refractivity contribution is -0.137. The summed E-state index contributed by atoms with van der Waals surface area (Å²) in [6.45, 7) is -0.0503. The van der Waals surface area contributed by atoms with Crippen LogP contribution < -0.4 is 5.73 Å². The van der Waals surface area contributed by atoms with E-state index in [9.17, 15) is 17.6 Å². The van der Waals surface area contributed by atoms with E-state index in [0.717, 1.165) is 12.1 Å². The summed E-state index contributed by atoms with van der Waals surface area (Å²) in [5, 5.41) is 2.23. The molecule has 0 aliphatic carbocycles. The first-order chi connectivity index (χ1) is 11.9. The molecule has 130 valence electrons. The summed E-state index contributed by atoms with van der Waals surface area (Å²) in [6, 6.07) is 11.4. The predicted octanol–water partition coefficient (Wildman–Crippen LogP) is 4.59. The lowest BCUT2D eigenvalue weighted by Gasteiger charge is -2.32. The molecule has 1 unspecified atom stereocenters. The Bertz CT molecular complexity index is 847. The zero-order valence-corrected chi connectivity index (χ0v) is 13.7. The number of thiazole rings is 1. The van der Waals surface area contributed by atoms with E-state index < -0.39 is 23.0 Å². The van der Waals surface area contributed by atoms with Gasteiger partial charge in [-0.15, -0.1) is 11.3 Å². The Morgan fingerprint density at radius 1 is 0.960 bits per heavy atom. The van der Waals surface area contributed by atoms with Crippen molar-refractivity contribution in [3.05, 3.63) is 87.6 Å². The maximum absolute atomic E-state index is 14.0. The highest BCUT2D eigenvalue weighted by Gasteiger charge is 2.40. The van der Waals surface area contributed by atoms with E-state index in [1.165, 1.54) is 11.3 Å². The standard InChI is InChI=1S/C18H14F4N2S/c19-15-9-13(8-14(10-15)18(20,21)22)17(11-23,16-24-6-7-25-16)12-4-2-1-3-5-12/h1-10H,11,23H2. The molecule has 1 aromatic heterocycles. The van der Waals surface area contributed by atoms with Crippen LogP contribution in [0, 0.1) is 5.82 Å². The quantitative estimate of drug-likeness (QED) is 0.686. The van der Waals surface area contributed by atoms with E-state index in [4.69, 9.17) is 5.73 Å². The molecule has 0 bridgehead atoms. The number of alkyl halides is 3. The highest BCUT2D eigenvalue weighted by atomic mass is 32.1. The monoisotopic (exact) mass is 366 g/mol. The summed E-state index contributed by atoms with van der Waals surface area (Å²) in [7, 11) is 0.